The highest BCUT2D eigenvalue weighted by atomic mass is 35.5. The van der Waals surface area contributed by atoms with Gasteiger partial charge in [0.25, 0.3) is 0 Å². The molecule has 0 saturated carbocycles. The number of hydrogen-bond acceptors (Lipinski definition) is 5. The van der Waals surface area contributed by atoms with Gasteiger partial charge in [0.1, 0.15) is 5.75 Å². The molecule has 9 heteroatoms. The predicted octanol–water partition coefficient (Wildman–Crippen LogP) is 5.98. The van der Waals surface area contributed by atoms with Crippen LogP contribution >= 0.6 is 35.0 Å². The highest BCUT2D eigenvalue weighted by molar-refractivity contribution is 7.99. The number of ether oxygens (including phenoxy) is 1. The molecular weight excluding hydrogens is 467 g/mol. The lowest BCUT2D eigenvalue weighted by Crippen LogP contribution is -2.15. The van der Waals surface area contributed by atoms with E-state index in [1.54, 1.807) is 25.3 Å². The Labute approximate surface area is 199 Å². The van der Waals surface area contributed by atoms with Crippen molar-refractivity contribution in [3.8, 4) is 22.8 Å². The lowest BCUT2D eigenvalue weighted by atomic mass is 10.2. The van der Waals surface area contributed by atoms with Gasteiger partial charge >= 0.3 is 0 Å². The molecule has 4 rings (SSSR count). The predicted molar refractivity (Wildman–Crippen MR) is 129 cm³/mol. The van der Waals surface area contributed by atoms with Crippen LogP contribution in [-0.4, -0.2) is 33.5 Å². The van der Waals surface area contributed by atoms with Crippen LogP contribution in [0.3, 0.4) is 0 Å². The van der Waals surface area contributed by atoms with Crippen LogP contribution in [0.5, 0.6) is 5.75 Å². The molecule has 0 aliphatic rings. The number of anilines is 1. The molecule has 0 unspecified atom stereocenters. The number of hydrogen-bond donors (Lipinski definition) is 1. The number of carbonyl (C=O) groups excluding carboxylic acids is 1. The van der Waals surface area contributed by atoms with E-state index in [0.29, 0.717) is 32.5 Å². The molecule has 0 aliphatic heterocycles. The summed E-state index contributed by atoms with van der Waals surface area (Å²) in [5.74, 6) is 1.21. The fourth-order valence-electron chi connectivity index (χ4n) is 3.08. The first kappa shape index (κ1) is 22.2. The van der Waals surface area contributed by atoms with E-state index < -0.39 is 0 Å². The molecule has 0 bridgehead atoms. The summed E-state index contributed by atoms with van der Waals surface area (Å²) in [7, 11) is 1.62. The molecule has 1 aromatic heterocycles. The second-order valence-corrected chi connectivity index (χ2v) is 8.42. The minimum absolute atomic E-state index is 0.121. The molecule has 0 saturated heterocycles. The summed E-state index contributed by atoms with van der Waals surface area (Å²) in [4.78, 5) is 12.5. The maximum absolute atomic E-state index is 12.5. The first-order chi connectivity index (χ1) is 15.6. The number of nitrogens with one attached hydrogen (secondary N) is 1. The first-order valence-electron chi connectivity index (χ1n) is 9.58. The van der Waals surface area contributed by atoms with Crippen LogP contribution in [0.2, 0.25) is 10.0 Å². The topological polar surface area (TPSA) is 69.0 Å². The zero-order valence-electron chi connectivity index (χ0n) is 17.0. The standard InChI is InChI=1S/C23H18Cl2N4O2S/c1-31-20-10-6-5-9-17(20)22-27-28-23(29(22)16-7-3-2-4-8-16)32-14-21(30)26-19-12-11-15(24)13-18(19)25/h2-13H,14H2,1H3,(H,26,30). The maximum Gasteiger partial charge on any atom is 0.234 e. The van der Waals surface area contributed by atoms with E-state index in [9.17, 15) is 4.79 Å². The molecule has 162 valence electrons. The van der Waals surface area contributed by atoms with E-state index in [1.165, 1.54) is 11.8 Å². The van der Waals surface area contributed by atoms with E-state index in [2.05, 4.69) is 15.5 Å². The van der Waals surface area contributed by atoms with E-state index in [-0.39, 0.29) is 11.7 Å². The van der Waals surface area contributed by atoms with Gasteiger partial charge in [-0.15, -0.1) is 10.2 Å². The van der Waals surface area contributed by atoms with Gasteiger partial charge in [-0.25, -0.2) is 0 Å². The van der Waals surface area contributed by atoms with Crippen LogP contribution in [0, 0.1) is 0 Å². The number of para-hydroxylation sites is 2. The Morgan fingerprint density at radius 2 is 1.78 bits per heavy atom. The third kappa shape index (κ3) is 4.91. The summed E-state index contributed by atoms with van der Waals surface area (Å²) in [5.41, 5.74) is 2.18. The average molecular weight is 485 g/mol. The monoisotopic (exact) mass is 484 g/mol. The van der Waals surface area contributed by atoms with E-state index >= 15 is 0 Å². The molecule has 1 N–H and O–H groups in total. The fourth-order valence-corrected chi connectivity index (χ4v) is 4.29. The van der Waals surface area contributed by atoms with Crippen molar-refractivity contribution in [2.45, 2.75) is 5.16 Å². The zero-order chi connectivity index (χ0) is 22.5. The second kappa shape index (κ2) is 10.1. The summed E-state index contributed by atoms with van der Waals surface area (Å²) in [5, 5.41) is 13.0. The lowest BCUT2D eigenvalue weighted by Gasteiger charge is -2.12. The summed E-state index contributed by atoms with van der Waals surface area (Å²) in [6.45, 7) is 0. The van der Waals surface area contributed by atoms with E-state index in [4.69, 9.17) is 27.9 Å². The van der Waals surface area contributed by atoms with Crippen molar-refractivity contribution in [1.29, 1.82) is 0 Å². The van der Waals surface area contributed by atoms with Crippen LogP contribution in [0.4, 0.5) is 5.69 Å². The number of thioether (sulfide) groups is 1. The van der Waals surface area contributed by atoms with Crippen LogP contribution in [0.1, 0.15) is 0 Å². The SMILES string of the molecule is COc1ccccc1-c1nnc(SCC(=O)Nc2ccc(Cl)cc2Cl)n1-c1ccccc1. The molecule has 3 aromatic carbocycles. The maximum atomic E-state index is 12.5. The van der Waals surface area contributed by atoms with Gasteiger partial charge in [0.15, 0.2) is 11.0 Å². The summed E-state index contributed by atoms with van der Waals surface area (Å²) < 4.78 is 7.42. The highest BCUT2D eigenvalue weighted by Gasteiger charge is 2.19. The summed E-state index contributed by atoms with van der Waals surface area (Å²) in [6, 6.07) is 22.2. The summed E-state index contributed by atoms with van der Waals surface area (Å²) in [6.07, 6.45) is 0. The van der Waals surface area contributed by atoms with Crippen molar-refractivity contribution >= 4 is 46.6 Å². The Morgan fingerprint density at radius 3 is 2.53 bits per heavy atom. The van der Waals surface area contributed by atoms with Gasteiger partial charge in [0, 0.05) is 10.7 Å². The van der Waals surface area contributed by atoms with Crippen molar-refractivity contribution < 1.29 is 9.53 Å². The van der Waals surface area contributed by atoms with Crippen LogP contribution in [0.15, 0.2) is 78.0 Å². The Kier molecular flexibility index (Phi) is 6.99. The molecular formula is C23H18Cl2N4O2S. The number of methoxy groups -OCH3 is 1. The molecule has 0 spiro atoms. The quantitative estimate of drug-likeness (QED) is 0.326. The fraction of sp³-hybridized carbons (Fsp3) is 0.0870. The van der Waals surface area contributed by atoms with Crippen molar-refractivity contribution in [3.05, 3.63) is 82.8 Å². The first-order valence-corrected chi connectivity index (χ1v) is 11.3. The molecule has 0 fully saturated rings. The molecule has 4 aromatic rings. The minimum Gasteiger partial charge on any atom is -0.496 e. The largest absolute Gasteiger partial charge is 0.496 e. The average Bonchev–Trinajstić information content (AvgIpc) is 3.24. The number of rotatable bonds is 7. The van der Waals surface area contributed by atoms with Crippen LogP contribution < -0.4 is 10.1 Å². The molecule has 1 amide bonds. The van der Waals surface area contributed by atoms with Crippen LogP contribution in [-0.2, 0) is 4.79 Å². The molecule has 6 nitrogen and oxygen atoms in total. The van der Waals surface area contributed by atoms with Gasteiger partial charge in [0.05, 0.1) is 29.1 Å². The van der Waals surface area contributed by atoms with Gasteiger partial charge in [-0.05, 0) is 42.5 Å². The molecule has 0 radical (unpaired) electrons. The van der Waals surface area contributed by atoms with E-state index in [0.717, 1.165) is 11.3 Å². The van der Waals surface area contributed by atoms with Gasteiger partial charge in [0.2, 0.25) is 5.91 Å². The second-order valence-electron chi connectivity index (χ2n) is 6.64. The number of benzene rings is 3. The number of nitrogens with zero attached hydrogens (tertiary/aromatic N) is 3. The van der Waals surface area contributed by atoms with Crippen molar-refractivity contribution in [1.82, 2.24) is 14.8 Å². The van der Waals surface area contributed by atoms with Gasteiger partial charge in [-0.1, -0.05) is 65.3 Å². The molecule has 32 heavy (non-hydrogen) atoms. The Hall–Kier alpha value is -3.00. The number of carbonyl (C=O) groups is 1. The Morgan fingerprint density at radius 1 is 1.03 bits per heavy atom. The van der Waals surface area contributed by atoms with Crippen molar-refractivity contribution in [2.75, 3.05) is 18.2 Å². The third-order valence-electron chi connectivity index (χ3n) is 4.53. The molecule has 1 heterocycles. The van der Waals surface area contributed by atoms with Gasteiger partial charge in [-0.3, -0.25) is 9.36 Å². The third-order valence-corrected chi connectivity index (χ3v) is 6.01. The lowest BCUT2D eigenvalue weighted by molar-refractivity contribution is -0.113. The van der Waals surface area contributed by atoms with Crippen LogP contribution in [0.25, 0.3) is 17.1 Å². The van der Waals surface area contributed by atoms with Gasteiger partial charge < -0.3 is 10.1 Å². The Bertz CT molecular complexity index is 1250. The zero-order valence-corrected chi connectivity index (χ0v) is 19.3. The number of aromatic nitrogens is 3. The van der Waals surface area contributed by atoms with Crippen molar-refractivity contribution in [2.24, 2.45) is 0 Å². The minimum atomic E-state index is -0.222. The molecule has 0 aliphatic carbocycles. The Balaban J connectivity index is 1.61. The normalized spacial score (nSPS) is 10.7. The van der Waals surface area contributed by atoms with Gasteiger partial charge in [-0.2, -0.15) is 0 Å². The number of halogens is 2. The smallest absolute Gasteiger partial charge is 0.234 e. The number of amides is 1. The molecule has 0 atom stereocenters. The highest BCUT2D eigenvalue weighted by Crippen LogP contribution is 2.33. The van der Waals surface area contributed by atoms with Crippen molar-refractivity contribution in [3.63, 3.8) is 0 Å². The summed E-state index contributed by atoms with van der Waals surface area (Å²) >= 11 is 13.3. The van der Waals surface area contributed by atoms with E-state index in [1.807, 2.05) is 59.2 Å².